The van der Waals surface area contributed by atoms with Crippen LogP contribution in [-0.4, -0.2) is 30.3 Å². The Morgan fingerprint density at radius 2 is 2.07 bits per heavy atom. The highest BCUT2D eigenvalue weighted by molar-refractivity contribution is 5.74. The van der Waals surface area contributed by atoms with Gasteiger partial charge in [0.2, 0.25) is 5.88 Å². The Balaban J connectivity index is 1.48. The Hall–Kier alpha value is -2.76. The van der Waals surface area contributed by atoms with Crippen LogP contribution >= 0.6 is 0 Å². The third kappa shape index (κ3) is 5.87. The van der Waals surface area contributed by atoms with E-state index >= 15 is 0 Å². The first-order valence-corrected chi connectivity index (χ1v) is 9.92. The van der Waals surface area contributed by atoms with Gasteiger partial charge in [-0.15, -0.1) is 0 Å². The lowest BCUT2D eigenvalue weighted by Crippen LogP contribution is -2.41. The summed E-state index contributed by atoms with van der Waals surface area (Å²) in [4.78, 5) is 16.6. The molecule has 6 nitrogen and oxygen atoms in total. The van der Waals surface area contributed by atoms with Crippen molar-refractivity contribution in [3.05, 3.63) is 53.7 Å². The zero-order chi connectivity index (χ0) is 19.8. The van der Waals surface area contributed by atoms with Crippen LogP contribution in [0.5, 0.6) is 11.6 Å². The van der Waals surface area contributed by atoms with E-state index in [1.165, 1.54) is 12.8 Å². The summed E-state index contributed by atoms with van der Waals surface area (Å²) in [6.07, 6.45) is 7.26. The van der Waals surface area contributed by atoms with Crippen molar-refractivity contribution < 1.29 is 14.3 Å². The molecule has 0 saturated heterocycles. The lowest BCUT2D eigenvalue weighted by molar-refractivity contribution is 0.198. The smallest absolute Gasteiger partial charge is 0.315 e. The first-order chi connectivity index (χ1) is 13.6. The molecule has 0 aliphatic heterocycles. The zero-order valence-corrected chi connectivity index (χ0v) is 16.6. The van der Waals surface area contributed by atoms with Gasteiger partial charge in [-0.3, -0.25) is 0 Å². The van der Waals surface area contributed by atoms with Crippen LogP contribution in [0.15, 0.2) is 42.6 Å². The topological polar surface area (TPSA) is 72.5 Å². The molecular weight excluding hydrogens is 354 g/mol. The van der Waals surface area contributed by atoms with Crippen LogP contribution in [0, 0.1) is 0 Å². The summed E-state index contributed by atoms with van der Waals surface area (Å²) in [6.45, 7) is 2.37. The molecule has 2 amide bonds. The zero-order valence-electron chi connectivity index (χ0n) is 16.6. The minimum atomic E-state index is -0.203. The van der Waals surface area contributed by atoms with E-state index in [1.807, 2.05) is 43.3 Å². The molecule has 1 aliphatic rings. The van der Waals surface area contributed by atoms with E-state index in [2.05, 4.69) is 15.6 Å². The second kappa shape index (κ2) is 9.97. The van der Waals surface area contributed by atoms with Crippen LogP contribution in [0.1, 0.15) is 43.7 Å². The Labute approximate surface area is 166 Å². The number of carbonyl (C=O) groups excluding carboxylic acids is 1. The summed E-state index contributed by atoms with van der Waals surface area (Å²) in [5.74, 6) is 1.44. The Bertz CT molecular complexity index is 775. The standard InChI is InChI=1S/C22H29N3O3/c1-16(13-17-7-5-11-20(14-17)27-2)25-22(26)24-15-18-8-6-12-23-21(18)28-19-9-3-4-10-19/h5-8,11-12,14,16,19H,3-4,9-10,13,15H2,1-2H3,(H2,24,25,26). The van der Waals surface area contributed by atoms with Gasteiger partial charge in [0, 0.05) is 24.3 Å². The average molecular weight is 383 g/mol. The molecule has 28 heavy (non-hydrogen) atoms. The van der Waals surface area contributed by atoms with Crippen molar-refractivity contribution in [3.63, 3.8) is 0 Å². The molecule has 1 fully saturated rings. The number of benzene rings is 1. The van der Waals surface area contributed by atoms with E-state index in [0.29, 0.717) is 12.4 Å². The molecule has 3 rings (SSSR count). The maximum atomic E-state index is 12.3. The van der Waals surface area contributed by atoms with Gasteiger partial charge in [0.05, 0.1) is 7.11 Å². The number of pyridine rings is 1. The molecule has 1 aromatic heterocycles. The highest BCUT2D eigenvalue weighted by Crippen LogP contribution is 2.24. The molecule has 2 N–H and O–H groups in total. The molecule has 1 heterocycles. The van der Waals surface area contributed by atoms with Gasteiger partial charge in [0.15, 0.2) is 0 Å². The Morgan fingerprint density at radius 3 is 2.86 bits per heavy atom. The fourth-order valence-corrected chi connectivity index (χ4v) is 3.48. The van der Waals surface area contributed by atoms with Gasteiger partial charge in [0.25, 0.3) is 0 Å². The van der Waals surface area contributed by atoms with E-state index < -0.39 is 0 Å². The van der Waals surface area contributed by atoms with Gasteiger partial charge in [-0.1, -0.05) is 18.2 Å². The molecule has 1 aliphatic carbocycles. The lowest BCUT2D eigenvalue weighted by atomic mass is 10.1. The number of carbonyl (C=O) groups is 1. The molecule has 1 aromatic carbocycles. The minimum Gasteiger partial charge on any atom is -0.497 e. The molecular formula is C22H29N3O3. The monoisotopic (exact) mass is 383 g/mol. The van der Waals surface area contributed by atoms with E-state index in [9.17, 15) is 4.79 Å². The van der Waals surface area contributed by atoms with Crippen LogP contribution < -0.4 is 20.1 Å². The van der Waals surface area contributed by atoms with Gasteiger partial charge >= 0.3 is 6.03 Å². The summed E-state index contributed by atoms with van der Waals surface area (Å²) in [7, 11) is 1.65. The SMILES string of the molecule is COc1cccc(CC(C)NC(=O)NCc2cccnc2OC2CCCC2)c1. The Morgan fingerprint density at radius 1 is 1.25 bits per heavy atom. The quantitative estimate of drug-likeness (QED) is 0.726. The van der Waals surface area contributed by atoms with Gasteiger partial charge in [-0.2, -0.15) is 0 Å². The van der Waals surface area contributed by atoms with Crippen molar-refractivity contribution in [2.45, 2.75) is 57.7 Å². The number of ether oxygens (including phenoxy) is 2. The van der Waals surface area contributed by atoms with Crippen molar-refractivity contribution in [1.82, 2.24) is 15.6 Å². The molecule has 1 saturated carbocycles. The maximum absolute atomic E-state index is 12.3. The second-order valence-electron chi connectivity index (χ2n) is 7.28. The summed E-state index contributed by atoms with van der Waals surface area (Å²) in [5.41, 5.74) is 2.01. The summed E-state index contributed by atoms with van der Waals surface area (Å²) >= 11 is 0. The maximum Gasteiger partial charge on any atom is 0.315 e. The molecule has 0 spiro atoms. The number of rotatable bonds is 8. The van der Waals surface area contributed by atoms with Crippen LogP contribution in [0.25, 0.3) is 0 Å². The van der Waals surface area contributed by atoms with Gasteiger partial charge in [-0.25, -0.2) is 9.78 Å². The molecule has 0 radical (unpaired) electrons. The number of methoxy groups -OCH3 is 1. The summed E-state index contributed by atoms with van der Waals surface area (Å²) in [6, 6.07) is 11.5. The van der Waals surface area contributed by atoms with Gasteiger partial charge < -0.3 is 20.1 Å². The average Bonchev–Trinajstić information content (AvgIpc) is 3.20. The van der Waals surface area contributed by atoms with Gasteiger partial charge in [-0.05, 0) is 62.8 Å². The summed E-state index contributed by atoms with van der Waals surface area (Å²) in [5, 5.41) is 5.89. The third-order valence-corrected chi connectivity index (χ3v) is 4.92. The predicted octanol–water partition coefficient (Wildman–Crippen LogP) is 3.84. The van der Waals surface area contributed by atoms with Crippen LogP contribution in [0.4, 0.5) is 4.79 Å². The van der Waals surface area contributed by atoms with E-state index in [4.69, 9.17) is 9.47 Å². The minimum absolute atomic E-state index is 0.00443. The van der Waals surface area contributed by atoms with Crippen LogP contribution in [-0.2, 0) is 13.0 Å². The molecule has 1 unspecified atom stereocenters. The molecule has 0 bridgehead atoms. The summed E-state index contributed by atoms with van der Waals surface area (Å²) < 4.78 is 11.3. The Kier molecular flexibility index (Phi) is 7.12. The number of urea groups is 1. The van der Waals surface area contributed by atoms with Crippen molar-refractivity contribution >= 4 is 6.03 Å². The van der Waals surface area contributed by atoms with Crippen molar-refractivity contribution in [3.8, 4) is 11.6 Å². The predicted molar refractivity (Wildman–Crippen MR) is 109 cm³/mol. The first-order valence-electron chi connectivity index (χ1n) is 9.92. The number of amides is 2. The van der Waals surface area contributed by atoms with E-state index in [0.717, 1.165) is 36.1 Å². The molecule has 150 valence electrons. The van der Waals surface area contributed by atoms with Crippen LogP contribution in [0.3, 0.4) is 0 Å². The highest BCUT2D eigenvalue weighted by atomic mass is 16.5. The van der Waals surface area contributed by atoms with Crippen molar-refractivity contribution in [2.24, 2.45) is 0 Å². The van der Waals surface area contributed by atoms with E-state index in [1.54, 1.807) is 13.3 Å². The normalized spacial score (nSPS) is 15.1. The fraction of sp³-hybridized carbons (Fsp3) is 0.455. The fourth-order valence-electron chi connectivity index (χ4n) is 3.48. The number of aromatic nitrogens is 1. The van der Waals surface area contributed by atoms with Gasteiger partial charge in [0.1, 0.15) is 11.9 Å². The molecule has 1 atom stereocenters. The number of hydrogen-bond donors (Lipinski definition) is 2. The highest BCUT2D eigenvalue weighted by Gasteiger charge is 2.18. The number of nitrogens with zero attached hydrogens (tertiary/aromatic N) is 1. The second-order valence-corrected chi connectivity index (χ2v) is 7.28. The van der Waals surface area contributed by atoms with Crippen molar-refractivity contribution in [2.75, 3.05) is 7.11 Å². The third-order valence-electron chi connectivity index (χ3n) is 4.92. The first kappa shape index (κ1) is 20.0. The molecule has 2 aromatic rings. The molecule has 6 heteroatoms. The lowest BCUT2D eigenvalue weighted by Gasteiger charge is -2.17. The largest absolute Gasteiger partial charge is 0.497 e. The van der Waals surface area contributed by atoms with E-state index in [-0.39, 0.29) is 18.2 Å². The van der Waals surface area contributed by atoms with Crippen molar-refractivity contribution in [1.29, 1.82) is 0 Å². The van der Waals surface area contributed by atoms with Crippen LogP contribution in [0.2, 0.25) is 0 Å². The number of nitrogens with one attached hydrogen (secondary N) is 2. The number of hydrogen-bond acceptors (Lipinski definition) is 4.